The third kappa shape index (κ3) is 4.85. The van der Waals surface area contributed by atoms with Crippen LogP contribution >= 0.6 is 11.6 Å². The summed E-state index contributed by atoms with van der Waals surface area (Å²) in [5.41, 5.74) is 1.79. The fraction of sp³-hybridized carbons (Fsp3) is 0.391. The largest absolute Gasteiger partial charge is 0.482 e. The number of benzene rings is 2. The number of hydrogen-bond donors (Lipinski definition) is 0. The molecule has 0 N–H and O–H groups in total. The number of piperidine rings is 1. The minimum absolute atomic E-state index is 0.195. The summed E-state index contributed by atoms with van der Waals surface area (Å²) in [6.07, 6.45) is 3.37. The lowest BCUT2D eigenvalue weighted by molar-refractivity contribution is -0.120. The van der Waals surface area contributed by atoms with Crippen molar-refractivity contribution in [2.75, 3.05) is 38.3 Å². The second-order valence-electron chi connectivity index (χ2n) is 7.98. The Labute approximate surface area is 198 Å². The van der Waals surface area contributed by atoms with Gasteiger partial charge in [-0.1, -0.05) is 18.0 Å². The molecule has 0 saturated carbocycles. The molecule has 2 aromatic rings. The van der Waals surface area contributed by atoms with Crippen molar-refractivity contribution in [1.29, 1.82) is 0 Å². The molecule has 10 heteroatoms. The van der Waals surface area contributed by atoms with Crippen molar-refractivity contribution >= 4 is 39.2 Å². The molecule has 2 aromatic carbocycles. The molecular formula is C23H25ClN2O6S. The van der Waals surface area contributed by atoms with E-state index >= 15 is 0 Å². The lowest BCUT2D eigenvalue weighted by Crippen LogP contribution is -2.35. The van der Waals surface area contributed by atoms with Gasteiger partial charge >= 0.3 is 5.97 Å². The summed E-state index contributed by atoms with van der Waals surface area (Å²) < 4.78 is 37.7. The van der Waals surface area contributed by atoms with Gasteiger partial charge in [0.2, 0.25) is 10.0 Å². The molecule has 4 rings (SSSR count). The lowest BCUT2D eigenvalue weighted by atomic mass is 10.2. The normalized spacial score (nSPS) is 16.4. The first-order valence-corrected chi connectivity index (χ1v) is 12.6. The Morgan fingerprint density at radius 2 is 1.79 bits per heavy atom. The van der Waals surface area contributed by atoms with Crippen LogP contribution in [0.1, 0.15) is 35.2 Å². The van der Waals surface area contributed by atoms with Gasteiger partial charge in [0.15, 0.2) is 6.61 Å². The van der Waals surface area contributed by atoms with Crippen molar-refractivity contribution in [3.8, 4) is 5.75 Å². The number of carbonyl (C=O) groups is 2. The zero-order chi connectivity index (χ0) is 23.6. The molecule has 0 bridgehead atoms. The Balaban J connectivity index is 1.44. The van der Waals surface area contributed by atoms with Crippen LogP contribution in [-0.4, -0.2) is 58.0 Å². The van der Waals surface area contributed by atoms with E-state index < -0.39 is 16.0 Å². The van der Waals surface area contributed by atoms with E-state index in [1.54, 1.807) is 27.4 Å². The molecule has 0 radical (unpaired) electrons. The third-order valence-corrected chi connectivity index (χ3v) is 8.09. The first-order valence-electron chi connectivity index (χ1n) is 10.8. The van der Waals surface area contributed by atoms with Crippen LogP contribution in [0.25, 0.3) is 0 Å². The van der Waals surface area contributed by atoms with Gasteiger partial charge in [-0.15, -0.1) is 0 Å². The minimum atomic E-state index is -3.53. The van der Waals surface area contributed by atoms with Crippen molar-refractivity contribution in [2.24, 2.45) is 0 Å². The van der Waals surface area contributed by atoms with Crippen molar-refractivity contribution in [2.45, 2.75) is 30.6 Å². The fourth-order valence-corrected chi connectivity index (χ4v) is 5.94. The molecule has 0 aliphatic carbocycles. The first kappa shape index (κ1) is 23.5. The number of carbonyl (C=O) groups excluding carboxylic acids is 2. The van der Waals surface area contributed by atoms with E-state index in [0.717, 1.165) is 24.8 Å². The second kappa shape index (κ2) is 9.70. The van der Waals surface area contributed by atoms with E-state index in [1.807, 2.05) is 0 Å². The smallest absolute Gasteiger partial charge is 0.337 e. The van der Waals surface area contributed by atoms with E-state index in [1.165, 1.54) is 25.3 Å². The Hall–Kier alpha value is -2.62. The molecule has 1 fully saturated rings. The van der Waals surface area contributed by atoms with Crippen molar-refractivity contribution in [3.05, 3.63) is 52.5 Å². The summed E-state index contributed by atoms with van der Waals surface area (Å²) in [5, 5.41) is 0.195. The number of nitrogens with zero attached hydrogens (tertiary/aromatic N) is 2. The molecular weight excluding hydrogens is 468 g/mol. The summed E-state index contributed by atoms with van der Waals surface area (Å²) in [7, 11) is -2.25. The number of methoxy groups -OCH3 is 1. The number of esters is 1. The van der Waals surface area contributed by atoms with Gasteiger partial charge in [-0.3, -0.25) is 4.79 Å². The maximum atomic E-state index is 13.0. The van der Waals surface area contributed by atoms with Gasteiger partial charge in [-0.05, 0) is 61.2 Å². The number of hydrogen-bond acceptors (Lipinski definition) is 6. The van der Waals surface area contributed by atoms with Crippen LogP contribution in [0, 0.1) is 0 Å². The number of halogens is 1. The lowest BCUT2D eigenvalue weighted by Gasteiger charge is -2.26. The molecule has 1 amide bonds. The number of anilines is 1. The molecule has 0 aromatic heterocycles. The number of amides is 1. The number of ether oxygens (including phenoxy) is 2. The Kier molecular flexibility index (Phi) is 6.92. The Morgan fingerprint density at radius 3 is 2.48 bits per heavy atom. The molecule has 2 aliphatic rings. The second-order valence-corrected chi connectivity index (χ2v) is 10.3. The van der Waals surface area contributed by atoms with E-state index in [9.17, 15) is 18.0 Å². The molecule has 2 aliphatic heterocycles. The van der Waals surface area contributed by atoms with E-state index in [0.29, 0.717) is 31.7 Å². The average molecular weight is 493 g/mol. The van der Waals surface area contributed by atoms with Crippen LogP contribution in [0.5, 0.6) is 5.75 Å². The molecule has 0 unspecified atom stereocenters. The van der Waals surface area contributed by atoms with Crippen LogP contribution in [0.4, 0.5) is 5.69 Å². The highest BCUT2D eigenvalue weighted by Gasteiger charge is 2.30. The SMILES string of the molecule is COC(=O)c1ccc(OCC(=O)N2CCc3cc(S(=O)(=O)N4CCCCC4)ccc32)c(Cl)c1. The molecule has 33 heavy (non-hydrogen) atoms. The quantitative estimate of drug-likeness (QED) is 0.574. The van der Waals surface area contributed by atoms with Crippen LogP contribution in [0.3, 0.4) is 0 Å². The maximum absolute atomic E-state index is 13.0. The molecule has 0 spiro atoms. The molecule has 2 heterocycles. The molecule has 0 atom stereocenters. The molecule has 8 nitrogen and oxygen atoms in total. The van der Waals surface area contributed by atoms with Crippen molar-refractivity contribution in [1.82, 2.24) is 4.31 Å². The third-order valence-electron chi connectivity index (χ3n) is 5.90. The van der Waals surface area contributed by atoms with Gasteiger partial charge in [-0.2, -0.15) is 4.31 Å². The van der Waals surface area contributed by atoms with E-state index in [2.05, 4.69) is 4.74 Å². The topological polar surface area (TPSA) is 93.2 Å². The predicted octanol–water partition coefficient (Wildman–Crippen LogP) is 3.27. The van der Waals surface area contributed by atoms with Gasteiger partial charge in [-0.25, -0.2) is 13.2 Å². The molecule has 176 valence electrons. The highest BCUT2D eigenvalue weighted by atomic mass is 35.5. The van der Waals surface area contributed by atoms with Crippen LogP contribution in [-0.2, 0) is 26.0 Å². The van der Waals surface area contributed by atoms with Gasteiger partial charge in [0.05, 0.1) is 22.6 Å². The Bertz CT molecular complexity index is 1180. The zero-order valence-corrected chi connectivity index (χ0v) is 19.8. The highest BCUT2D eigenvalue weighted by molar-refractivity contribution is 7.89. The van der Waals surface area contributed by atoms with E-state index in [4.69, 9.17) is 16.3 Å². The van der Waals surface area contributed by atoms with Crippen LogP contribution in [0.15, 0.2) is 41.3 Å². The average Bonchev–Trinajstić information content (AvgIpc) is 3.26. The minimum Gasteiger partial charge on any atom is -0.482 e. The number of fused-ring (bicyclic) bond motifs is 1. The number of rotatable bonds is 6. The standard InChI is InChI=1S/C23H25ClN2O6S/c1-31-23(28)17-5-8-21(19(24)14-17)32-15-22(27)26-12-9-16-13-18(6-7-20(16)26)33(29,30)25-10-3-2-4-11-25/h5-8,13-14H,2-4,9-12,15H2,1H3. The predicted molar refractivity (Wildman–Crippen MR) is 123 cm³/mol. The summed E-state index contributed by atoms with van der Waals surface area (Å²) in [5.74, 6) is -0.511. The maximum Gasteiger partial charge on any atom is 0.337 e. The van der Waals surface area contributed by atoms with Gasteiger partial charge in [0.1, 0.15) is 5.75 Å². The van der Waals surface area contributed by atoms with Crippen molar-refractivity contribution < 1.29 is 27.5 Å². The first-order chi connectivity index (χ1) is 15.8. The van der Waals surface area contributed by atoms with Gasteiger partial charge in [0.25, 0.3) is 5.91 Å². The summed E-state index contributed by atoms with van der Waals surface area (Å²) in [4.78, 5) is 26.2. The summed E-state index contributed by atoms with van der Waals surface area (Å²) in [6.45, 7) is 1.29. The summed E-state index contributed by atoms with van der Waals surface area (Å²) >= 11 is 6.16. The molecule has 1 saturated heterocycles. The fourth-order valence-electron chi connectivity index (χ4n) is 4.13. The zero-order valence-electron chi connectivity index (χ0n) is 18.3. The van der Waals surface area contributed by atoms with Crippen LogP contribution < -0.4 is 9.64 Å². The van der Waals surface area contributed by atoms with Crippen LogP contribution in [0.2, 0.25) is 5.02 Å². The van der Waals surface area contributed by atoms with Gasteiger partial charge in [0, 0.05) is 25.3 Å². The summed E-state index contributed by atoms with van der Waals surface area (Å²) in [6, 6.07) is 9.37. The van der Waals surface area contributed by atoms with Gasteiger partial charge < -0.3 is 14.4 Å². The Morgan fingerprint density at radius 1 is 1.03 bits per heavy atom. The van der Waals surface area contributed by atoms with E-state index in [-0.39, 0.29) is 33.7 Å². The monoisotopic (exact) mass is 492 g/mol. The van der Waals surface area contributed by atoms with Crippen molar-refractivity contribution in [3.63, 3.8) is 0 Å². The highest BCUT2D eigenvalue weighted by Crippen LogP contribution is 2.32. The number of sulfonamides is 1.